The van der Waals surface area contributed by atoms with E-state index in [9.17, 15) is 8.42 Å². The van der Waals surface area contributed by atoms with Crippen molar-refractivity contribution in [3.63, 3.8) is 0 Å². The molecule has 10 heteroatoms. The second-order valence-electron chi connectivity index (χ2n) is 7.76. The number of rotatable bonds is 7. The molecule has 0 aromatic heterocycles. The van der Waals surface area contributed by atoms with Crippen molar-refractivity contribution in [2.24, 2.45) is 4.99 Å². The Balaban J connectivity index is 0.00000341. The van der Waals surface area contributed by atoms with Gasteiger partial charge in [-0.25, -0.2) is 13.1 Å². The maximum Gasteiger partial charge on any atom is 0.240 e. The molecule has 0 bridgehead atoms. The maximum absolute atomic E-state index is 11.8. The van der Waals surface area contributed by atoms with Gasteiger partial charge >= 0.3 is 0 Å². The Bertz CT molecular complexity index is 790. The first-order valence-electron chi connectivity index (χ1n) is 10.7. The van der Waals surface area contributed by atoms with Crippen LogP contribution in [-0.4, -0.2) is 71.9 Å². The second-order valence-corrected chi connectivity index (χ2v) is 9.65. The molecule has 1 unspecified atom stereocenters. The van der Waals surface area contributed by atoms with Crippen molar-refractivity contribution in [1.29, 1.82) is 0 Å². The minimum Gasteiger partial charge on any atom is -0.376 e. The zero-order chi connectivity index (χ0) is 21.4. The van der Waals surface area contributed by atoms with E-state index in [1.54, 1.807) is 19.2 Å². The van der Waals surface area contributed by atoms with Crippen LogP contribution >= 0.6 is 24.0 Å². The van der Waals surface area contributed by atoms with E-state index in [1.807, 2.05) is 12.1 Å². The van der Waals surface area contributed by atoms with Crippen LogP contribution in [0.5, 0.6) is 0 Å². The van der Waals surface area contributed by atoms with Crippen molar-refractivity contribution in [2.75, 3.05) is 40.4 Å². The van der Waals surface area contributed by atoms with Crippen LogP contribution in [0.3, 0.4) is 0 Å². The zero-order valence-electron chi connectivity index (χ0n) is 18.4. The van der Waals surface area contributed by atoms with Gasteiger partial charge in [0.15, 0.2) is 5.96 Å². The van der Waals surface area contributed by atoms with Gasteiger partial charge in [0.05, 0.1) is 23.7 Å². The van der Waals surface area contributed by atoms with Crippen LogP contribution in [-0.2, 0) is 26.0 Å². The van der Waals surface area contributed by atoms with Gasteiger partial charge in [-0.15, -0.1) is 24.0 Å². The molecule has 0 amide bonds. The predicted molar refractivity (Wildman–Crippen MR) is 132 cm³/mol. The van der Waals surface area contributed by atoms with Gasteiger partial charge < -0.3 is 19.7 Å². The molecule has 0 radical (unpaired) electrons. The molecule has 2 saturated heterocycles. The third kappa shape index (κ3) is 7.85. The number of likely N-dealkylation sites (tertiary alicyclic amines) is 1. The third-order valence-corrected chi connectivity index (χ3v) is 7.13. The van der Waals surface area contributed by atoms with E-state index in [0.717, 1.165) is 50.5 Å². The molecule has 3 rings (SSSR count). The number of benzene rings is 1. The fourth-order valence-electron chi connectivity index (χ4n) is 3.83. The summed E-state index contributed by atoms with van der Waals surface area (Å²) in [5.41, 5.74) is 0.997. The van der Waals surface area contributed by atoms with Gasteiger partial charge in [0.2, 0.25) is 10.0 Å². The highest BCUT2D eigenvalue weighted by Gasteiger charge is 2.23. The first-order chi connectivity index (χ1) is 14.5. The van der Waals surface area contributed by atoms with E-state index in [-0.39, 0.29) is 41.1 Å². The van der Waals surface area contributed by atoms with E-state index in [0.29, 0.717) is 13.2 Å². The first-order valence-corrected chi connectivity index (χ1v) is 12.2. The van der Waals surface area contributed by atoms with Gasteiger partial charge in [-0.1, -0.05) is 12.1 Å². The van der Waals surface area contributed by atoms with Gasteiger partial charge in [0, 0.05) is 33.3 Å². The van der Waals surface area contributed by atoms with E-state index < -0.39 is 10.0 Å². The van der Waals surface area contributed by atoms with Gasteiger partial charge in [-0.2, -0.15) is 0 Å². The number of halogens is 1. The summed E-state index contributed by atoms with van der Waals surface area (Å²) in [5.74, 6) is 0.857. The fourth-order valence-corrected chi connectivity index (χ4v) is 4.56. The Morgan fingerprint density at radius 1 is 1.19 bits per heavy atom. The summed E-state index contributed by atoms with van der Waals surface area (Å²) < 4.78 is 37.8. The Kier molecular flexibility index (Phi) is 11.0. The van der Waals surface area contributed by atoms with Crippen LogP contribution < -0.4 is 10.0 Å². The predicted octanol–water partition coefficient (Wildman–Crippen LogP) is 2.34. The molecule has 8 nitrogen and oxygen atoms in total. The molecule has 0 aliphatic carbocycles. The number of guanidine groups is 1. The smallest absolute Gasteiger partial charge is 0.240 e. The summed E-state index contributed by atoms with van der Waals surface area (Å²) in [5, 5.41) is 3.38. The topological polar surface area (TPSA) is 92.3 Å². The molecular weight excluding hydrogens is 531 g/mol. The Hall–Kier alpha value is -0.950. The molecule has 2 fully saturated rings. The summed E-state index contributed by atoms with van der Waals surface area (Å²) >= 11 is 0. The van der Waals surface area contributed by atoms with Gasteiger partial charge in [-0.05, 0) is 56.8 Å². The molecule has 1 aromatic carbocycles. The van der Waals surface area contributed by atoms with E-state index in [4.69, 9.17) is 9.47 Å². The van der Waals surface area contributed by atoms with Crippen LogP contribution in [0, 0.1) is 0 Å². The van der Waals surface area contributed by atoms with Crippen molar-refractivity contribution in [3.8, 4) is 0 Å². The van der Waals surface area contributed by atoms with Gasteiger partial charge in [0.1, 0.15) is 0 Å². The molecule has 1 atom stereocenters. The van der Waals surface area contributed by atoms with Crippen molar-refractivity contribution in [2.45, 2.75) is 55.8 Å². The molecule has 31 heavy (non-hydrogen) atoms. The number of piperidine rings is 1. The zero-order valence-corrected chi connectivity index (χ0v) is 21.5. The van der Waals surface area contributed by atoms with Crippen molar-refractivity contribution in [1.82, 2.24) is 14.9 Å². The molecule has 2 heterocycles. The number of aliphatic imine (C=N–C) groups is 1. The molecule has 2 aliphatic heterocycles. The quantitative estimate of drug-likeness (QED) is 0.299. The minimum atomic E-state index is -3.41. The normalized spacial score (nSPS) is 20.9. The van der Waals surface area contributed by atoms with E-state index >= 15 is 0 Å². The number of nitrogens with one attached hydrogen (secondary N) is 2. The molecule has 176 valence electrons. The van der Waals surface area contributed by atoms with Gasteiger partial charge in [0.25, 0.3) is 0 Å². The number of sulfonamides is 1. The summed E-state index contributed by atoms with van der Waals surface area (Å²) in [7, 11) is -0.212. The van der Waals surface area contributed by atoms with Crippen LogP contribution in [0.15, 0.2) is 34.2 Å². The lowest BCUT2D eigenvalue weighted by Crippen LogP contribution is -2.47. The summed E-state index contributed by atoms with van der Waals surface area (Å²) in [6.45, 7) is 3.95. The van der Waals surface area contributed by atoms with Gasteiger partial charge in [-0.3, -0.25) is 4.99 Å². The highest BCUT2D eigenvalue weighted by atomic mass is 127. The van der Waals surface area contributed by atoms with Crippen molar-refractivity contribution >= 4 is 40.0 Å². The maximum atomic E-state index is 11.8. The van der Waals surface area contributed by atoms with Crippen LogP contribution in [0.2, 0.25) is 0 Å². The summed E-state index contributed by atoms with van der Waals surface area (Å²) in [6.07, 6.45) is 6.01. The molecule has 2 N–H and O–H groups in total. The molecule has 2 aliphatic rings. The van der Waals surface area contributed by atoms with E-state index in [2.05, 4.69) is 19.9 Å². The lowest BCUT2D eigenvalue weighted by Gasteiger charge is -2.35. The molecular formula is C21H35IN4O4S. The Labute approximate surface area is 203 Å². The number of ether oxygens (including phenoxy) is 2. The molecule has 1 aromatic rings. The average Bonchev–Trinajstić information content (AvgIpc) is 2.80. The highest BCUT2D eigenvalue weighted by Crippen LogP contribution is 2.18. The van der Waals surface area contributed by atoms with E-state index in [1.165, 1.54) is 19.9 Å². The standard InChI is InChI=1S/C21H34N4O4S.HI/c1-22-21(24-15-17-6-8-20(9-7-17)30(26,27)23-2)25-12-10-18(11-13-25)29-16-19-5-3-4-14-28-19;/h6-9,18-19,23H,3-5,10-16H2,1-2H3,(H,22,24);1H. The lowest BCUT2D eigenvalue weighted by atomic mass is 10.1. The number of hydrogen-bond donors (Lipinski definition) is 2. The summed E-state index contributed by atoms with van der Waals surface area (Å²) in [6, 6.07) is 6.87. The SMILES string of the molecule is CN=C(NCc1ccc(S(=O)(=O)NC)cc1)N1CCC(OCC2CCCCO2)CC1.I. The monoisotopic (exact) mass is 566 g/mol. The lowest BCUT2D eigenvalue weighted by molar-refractivity contribution is -0.0721. The number of nitrogens with zero attached hydrogens (tertiary/aromatic N) is 2. The van der Waals surface area contributed by atoms with Crippen molar-refractivity contribution in [3.05, 3.63) is 29.8 Å². The van der Waals surface area contributed by atoms with Crippen LogP contribution in [0.4, 0.5) is 0 Å². The summed E-state index contributed by atoms with van der Waals surface area (Å²) in [4.78, 5) is 6.92. The van der Waals surface area contributed by atoms with Crippen molar-refractivity contribution < 1.29 is 17.9 Å². The largest absolute Gasteiger partial charge is 0.376 e. The fraction of sp³-hybridized carbons (Fsp3) is 0.667. The highest BCUT2D eigenvalue weighted by molar-refractivity contribution is 14.0. The Morgan fingerprint density at radius 3 is 2.48 bits per heavy atom. The first kappa shape index (κ1) is 26.3. The molecule has 0 spiro atoms. The van der Waals surface area contributed by atoms with Crippen LogP contribution in [0.25, 0.3) is 0 Å². The minimum absolute atomic E-state index is 0. The Morgan fingerprint density at radius 2 is 1.90 bits per heavy atom. The third-order valence-electron chi connectivity index (χ3n) is 5.70. The van der Waals surface area contributed by atoms with Crippen LogP contribution in [0.1, 0.15) is 37.7 Å². The second kappa shape index (κ2) is 12.9. The average molecular weight is 567 g/mol. The number of hydrogen-bond acceptors (Lipinski definition) is 5. The molecule has 0 saturated carbocycles.